The van der Waals surface area contributed by atoms with Crippen LogP contribution < -0.4 is 5.32 Å². The largest absolute Gasteiger partial charge is 0.394 e. The van der Waals surface area contributed by atoms with Gasteiger partial charge in [-0.25, -0.2) is 0 Å². The Labute approximate surface area is 151 Å². The zero-order valence-electron chi connectivity index (χ0n) is 13.8. The molecule has 1 aromatic carbocycles. The number of benzene rings is 1. The van der Waals surface area contributed by atoms with Crippen molar-refractivity contribution in [1.29, 1.82) is 0 Å². The van der Waals surface area contributed by atoms with Gasteiger partial charge < -0.3 is 10.4 Å². The van der Waals surface area contributed by atoms with Crippen molar-refractivity contribution in [3.8, 4) is 11.3 Å². The highest BCUT2D eigenvalue weighted by Crippen LogP contribution is 2.25. The third-order valence-corrected chi connectivity index (χ3v) is 4.68. The number of nitrogens with zero attached hydrogens (tertiary/aromatic N) is 1. The molecule has 0 aliphatic heterocycles. The van der Waals surface area contributed by atoms with E-state index in [1.54, 1.807) is 23.9 Å². The van der Waals surface area contributed by atoms with E-state index in [1.165, 1.54) is 0 Å². The van der Waals surface area contributed by atoms with Crippen LogP contribution in [-0.2, 0) is 11.2 Å². The Hall–Kier alpha value is -1.50. The Morgan fingerprint density at radius 1 is 1.42 bits per heavy atom. The van der Waals surface area contributed by atoms with Crippen LogP contribution in [0.25, 0.3) is 11.3 Å². The van der Waals surface area contributed by atoms with Gasteiger partial charge in [0.15, 0.2) is 0 Å². The summed E-state index contributed by atoms with van der Waals surface area (Å²) >= 11 is 7.62. The molecule has 5 nitrogen and oxygen atoms in total. The maximum Gasteiger partial charge on any atom is 0.224 e. The molecule has 0 fully saturated rings. The zero-order valence-corrected chi connectivity index (χ0v) is 15.4. The number of aryl methyl sites for hydroxylation is 1. The van der Waals surface area contributed by atoms with Crippen molar-refractivity contribution in [2.75, 3.05) is 18.6 Å². The first-order valence-corrected chi connectivity index (χ1v) is 9.51. The van der Waals surface area contributed by atoms with E-state index in [1.807, 2.05) is 25.3 Å². The summed E-state index contributed by atoms with van der Waals surface area (Å²) in [4.78, 5) is 12.3. The van der Waals surface area contributed by atoms with Crippen molar-refractivity contribution in [3.63, 3.8) is 0 Å². The molecule has 0 saturated heterocycles. The van der Waals surface area contributed by atoms with Crippen LogP contribution in [-0.4, -0.2) is 45.9 Å². The highest BCUT2D eigenvalue weighted by atomic mass is 35.5. The Bertz CT molecular complexity index is 673. The normalized spacial score (nSPS) is 12.2. The fourth-order valence-electron chi connectivity index (χ4n) is 2.42. The lowest BCUT2D eigenvalue weighted by Gasteiger charge is -2.16. The number of halogens is 1. The number of rotatable bonds is 8. The van der Waals surface area contributed by atoms with Crippen molar-refractivity contribution >= 4 is 29.3 Å². The summed E-state index contributed by atoms with van der Waals surface area (Å²) in [5, 5.41) is 20.2. The quantitative estimate of drug-likeness (QED) is 0.670. The first-order chi connectivity index (χ1) is 11.5. The summed E-state index contributed by atoms with van der Waals surface area (Å²) in [7, 11) is 0. The van der Waals surface area contributed by atoms with Gasteiger partial charge in [0.2, 0.25) is 5.91 Å². The number of hydrogen-bond acceptors (Lipinski definition) is 4. The maximum absolute atomic E-state index is 12.3. The smallest absolute Gasteiger partial charge is 0.224 e. The van der Waals surface area contributed by atoms with Crippen molar-refractivity contribution in [2.45, 2.75) is 25.8 Å². The average Bonchev–Trinajstić information content (AvgIpc) is 2.93. The van der Waals surface area contributed by atoms with E-state index in [9.17, 15) is 9.90 Å². The number of aliphatic hydroxyl groups is 1. The van der Waals surface area contributed by atoms with E-state index in [-0.39, 0.29) is 25.0 Å². The minimum atomic E-state index is -0.212. The third kappa shape index (κ3) is 5.00. The molecule has 0 aliphatic rings. The van der Waals surface area contributed by atoms with Crippen LogP contribution in [0, 0.1) is 6.92 Å². The van der Waals surface area contributed by atoms with Gasteiger partial charge in [-0.15, -0.1) is 0 Å². The van der Waals surface area contributed by atoms with Gasteiger partial charge in [0.05, 0.1) is 24.8 Å². The van der Waals surface area contributed by atoms with Crippen LogP contribution in [0.5, 0.6) is 0 Å². The fourth-order valence-corrected chi connectivity index (χ4v) is 3.07. The first kappa shape index (κ1) is 18.8. The number of carbonyl (C=O) groups is 1. The highest BCUT2D eigenvalue weighted by Gasteiger charge is 2.18. The monoisotopic (exact) mass is 367 g/mol. The molecule has 7 heteroatoms. The molecule has 1 amide bonds. The summed E-state index contributed by atoms with van der Waals surface area (Å²) in [5.74, 6) is 0.779. The minimum Gasteiger partial charge on any atom is -0.394 e. The van der Waals surface area contributed by atoms with Crippen molar-refractivity contribution < 1.29 is 9.90 Å². The number of amides is 1. The molecule has 0 bridgehead atoms. The predicted octanol–water partition coefficient (Wildman–Crippen LogP) is 2.81. The standard InChI is InChI=1S/C17H22ClN3O2S/c1-11-15(9-16(23)19-14(10-22)7-8-24-2)17(21-20-11)12-3-5-13(18)6-4-12/h3-6,14,22H,7-10H2,1-2H3,(H,19,23)(H,20,21). The highest BCUT2D eigenvalue weighted by molar-refractivity contribution is 7.98. The van der Waals surface area contributed by atoms with Crippen LogP contribution in [0.4, 0.5) is 0 Å². The summed E-state index contributed by atoms with van der Waals surface area (Å²) in [5.41, 5.74) is 3.38. The minimum absolute atomic E-state index is 0.0549. The molecule has 1 unspecified atom stereocenters. The summed E-state index contributed by atoms with van der Waals surface area (Å²) < 4.78 is 0. The third-order valence-electron chi connectivity index (χ3n) is 3.78. The molecule has 3 N–H and O–H groups in total. The molecule has 0 aliphatic carbocycles. The van der Waals surface area contributed by atoms with E-state index >= 15 is 0 Å². The molecule has 0 spiro atoms. The lowest BCUT2D eigenvalue weighted by molar-refractivity contribution is -0.121. The molecular weight excluding hydrogens is 346 g/mol. The molecular formula is C17H22ClN3O2S. The maximum atomic E-state index is 12.3. The molecule has 130 valence electrons. The van der Waals surface area contributed by atoms with Gasteiger partial charge in [0.25, 0.3) is 0 Å². The molecule has 2 rings (SSSR count). The lowest BCUT2D eigenvalue weighted by Crippen LogP contribution is -2.38. The van der Waals surface area contributed by atoms with Gasteiger partial charge in [0, 0.05) is 21.8 Å². The van der Waals surface area contributed by atoms with Gasteiger partial charge in [-0.2, -0.15) is 16.9 Å². The Balaban J connectivity index is 2.10. The SMILES string of the molecule is CSCCC(CO)NC(=O)Cc1c(-c2ccc(Cl)cc2)n[nH]c1C. The van der Waals surface area contributed by atoms with E-state index in [0.29, 0.717) is 5.02 Å². The van der Waals surface area contributed by atoms with Gasteiger partial charge in [-0.1, -0.05) is 23.7 Å². The van der Waals surface area contributed by atoms with E-state index in [2.05, 4.69) is 15.5 Å². The van der Waals surface area contributed by atoms with Crippen LogP contribution in [0.2, 0.25) is 5.02 Å². The number of aliphatic hydroxyl groups excluding tert-OH is 1. The van der Waals surface area contributed by atoms with E-state index in [4.69, 9.17) is 11.6 Å². The Kier molecular flexibility index (Phi) is 7.15. The van der Waals surface area contributed by atoms with Crippen molar-refractivity contribution in [1.82, 2.24) is 15.5 Å². The van der Waals surface area contributed by atoms with Gasteiger partial charge in [-0.05, 0) is 37.5 Å². The number of H-pyrrole nitrogens is 1. The fraction of sp³-hybridized carbons (Fsp3) is 0.412. The number of carbonyl (C=O) groups excluding carboxylic acids is 1. The molecule has 2 aromatic rings. The topological polar surface area (TPSA) is 78.0 Å². The zero-order chi connectivity index (χ0) is 17.5. The second-order valence-electron chi connectivity index (χ2n) is 5.59. The molecule has 1 atom stereocenters. The molecule has 24 heavy (non-hydrogen) atoms. The van der Waals surface area contributed by atoms with Crippen LogP contribution >= 0.6 is 23.4 Å². The first-order valence-electron chi connectivity index (χ1n) is 7.74. The number of aromatic nitrogens is 2. The number of aromatic amines is 1. The summed E-state index contributed by atoms with van der Waals surface area (Å²) in [6.45, 7) is 1.84. The molecule has 1 heterocycles. The number of hydrogen-bond donors (Lipinski definition) is 3. The predicted molar refractivity (Wildman–Crippen MR) is 99.5 cm³/mol. The second kappa shape index (κ2) is 9.11. The van der Waals surface area contributed by atoms with Gasteiger partial charge >= 0.3 is 0 Å². The lowest BCUT2D eigenvalue weighted by atomic mass is 10.0. The van der Waals surface area contributed by atoms with E-state index < -0.39 is 0 Å². The molecule has 0 radical (unpaired) electrons. The van der Waals surface area contributed by atoms with Crippen LogP contribution in [0.1, 0.15) is 17.7 Å². The molecule has 0 saturated carbocycles. The van der Waals surface area contributed by atoms with E-state index in [0.717, 1.165) is 34.7 Å². The Morgan fingerprint density at radius 3 is 2.75 bits per heavy atom. The van der Waals surface area contributed by atoms with Crippen LogP contribution in [0.3, 0.4) is 0 Å². The summed E-state index contributed by atoms with van der Waals surface area (Å²) in [6, 6.07) is 7.16. The Morgan fingerprint density at radius 2 is 2.12 bits per heavy atom. The van der Waals surface area contributed by atoms with Gasteiger partial charge in [0.1, 0.15) is 0 Å². The molecule has 1 aromatic heterocycles. The van der Waals surface area contributed by atoms with Crippen LogP contribution in [0.15, 0.2) is 24.3 Å². The van der Waals surface area contributed by atoms with Crippen molar-refractivity contribution in [3.05, 3.63) is 40.5 Å². The van der Waals surface area contributed by atoms with Crippen molar-refractivity contribution in [2.24, 2.45) is 0 Å². The second-order valence-corrected chi connectivity index (χ2v) is 7.01. The number of thioether (sulfide) groups is 1. The summed E-state index contributed by atoms with van der Waals surface area (Å²) in [6.07, 6.45) is 2.97. The average molecular weight is 368 g/mol. The number of nitrogens with one attached hydrogen (secondary N) is 2. The van der Waals surface area contributed by atoms with Gasteiger partial charge in [-0.3, -0.25) is 9.89 Å².